The van der Waals surface area contributed by atoms with Gasteiger partial charge in [-0.2, -0.15) is 0 Å². The van der Waals surface area contributed by atoms with Crippen LogP contribution in [0, 0.1) is 0 Å². The molecule has 1 aromatic heterocycles. The Labute approximate surface area is 121 Å². The summed E-state index contributed by atoms with van der Waals surface area (Å²) >= 11 is 3.53. The molecule has 0 unspecified atom stereocenters. The van der Waals surface area contributed by atoms with Gasteiger partial charge in [0, 0.05) is 47.5 Å². The third-order valence-electron chi connectivity index (χ3n) is 2.94. The maximum Gasteiger partial charge on any atom is 0.148 e. The van der Waals surface area contributed by atoms with Crippen LogP contribution in [0.5, 0.6) is 0 Å². The number of nitrogens with zero attached hydrogens (tertiary/aromatic N) is 1. The van der Waals surface area contributed by atoms with Gasteiger partial charge in [-0.1, -0.05) is 22.0 Å². The number of hydrogen-bond donors (Lipinski definition) is 1. The maximum atomic E-state index is 11.0. The van der Waals surface area contributed by atoms with Crippen molar-refractivity contribution in [3.05, 3.63) is 34.9 Å². The molecule has 0 aliphatic carbocycles. The SMILES string of the molecule is CS(=O)(=O)CCNCCn1ccc2c(Br)cccc21. The highest BCUT2D eigenvalue weighted by Gasteiger charge is 2.04. The summed E-state index contributed by atoms with van der Waals surface area (Å²) in [5, 5.41) is 4.34. The molecule has 4 nitrogen and oxygen atoms in total. The summed E-state index contributed by atoms with van der Waals surface area (Å²) < 4.78 is 25.2. The Morgan fingerprint density at radius 2 is 2.05 bits per heavy atom. The van der Waals surface area contributed by atoms with Crippen LogP contribution < -0.4 is 5.32 Å². The Kier molecular flexibility index (Phi) is 4.65. The molecule has 2 aromatic rings. The van der Waals surface area contributed by atoms with Gasteiger partial charge >= 0.3 is 0 Å². The van der Waals surface area contributed by atoms with E-state index in [0.29, 0.717) is 6.54 Å². The highest BCUT2D eigenvalue weighted by atomic mass is 79.9. The standard InChI is InChI=1S/C13H17BrN2O2S/c1-19(17,18)10-7-15-6-9-16-8-5-11-12(14)3-2-4-13(11)16/h2-5,8,15H,6-7,9-10H2,1H3. The summed E-state index contributed by atoms with van der Waals surface area (Å²) in [6.45, 7) is 2.08. The lowest BCUT2D eigenvalue weighted by molar-refractivity contribution is 0.589. The van der Waals surface area contributed by atoms with Gasteiger partial charge in [0.05, 0.1) is 5.75 Å². The molecule has 0 fully saturated rings. The summed E-state index contributed by atoms with van der Waals surface area (Å²) in [6, 6.07) is 8.20. The molecule has 0 saturated carbocycles. The van der Waals surface area contributed by atoms with Gasteiger partial charge in [0.1, 0.15) is 9.84 Å². The van der Waals surface area contributed by atoms with E-state index in [9.17, 15) is 8.42 Å². The Morgan fingerprint density at radius 3 is 2.79 bits per heavy atom. The first-order valence-electron chi connectivity index (χ1n) is 6.09. The molecule has 2 rings (SSSR count). The molecule has 104 valence electrons. The second-order valence-electron chi connectivity index (χ2n) is 4.56. The van der Waals surface area contributed by atoms with Gasteiger partial charge in [-0.3, -0.25) is 0 Å². The molecule has 0 saturated heterocycles. The first-order valence-corrected chi connectivity index (χ1v) is 8.94. The largest absolute Gasteiger partial charge is 0.346 e. The minimum Gasteiger partial charge on any atom is -0.346 e. The van der Waals surface area contributed by atoms with E-state index >= 15 is 0 Å². The van der Waals surface area contributed by atoms with E-state index in [1.165, 1.54) is 17.2 Å². The van der Waals surface area contributed by atoms with Gasteiger partial charge in [-0.25, -0.2) is 8.42 Å². The van der Waals surface area contributed by atoms with Crippen LogP contribution in [0.3, 0.4) is 0 Å². The van der Waals surface area contributed by atoms with E-state index in [2.05, 4.69) is 37.9 Å². The van der Waals surface area contributed by atoms with E-state index in [-0.39, 0.29) is 5.75 Å². The zero-order chi connectivity index (χ0) is 13.9. The number of aromatic nitrogens is 1. The van der Waals surface area contributed by atoms with Crippen molar-refractivity contribution in [2.75, 3.05) is 25.1 Å². The fraction of sp³-hybridized carbons (Fsp3) is 0.385. The zero-order valence-electron chi connectivity index (χ0n) is 10.8. The Balaban J connectivity index is 1.90. The molecule has 0 spiro atoms. The summed E-state index contributed by atoms with van der Waals surface area (Å²) in [4.78, 5) is 0. The van der Waals surface area contributed by atoms with Crippen LogP contribution in [0.15, 0.2) is 34.9 Å². The van der Waals surface area contributed by atoms with Gasteiger partial charge in [0.15, 0.2) is 0 Å². The van der Waals surface area contributed by atoms with Gasteiger partial charge < -0.3 is 9.88 Å². The Hall–Kier alpha value is -0.850. The molecule has 0 atom stereocenters. The molecule has 0 aliphatic heterocycles. The van der Waals surface area contributed by atoms with Crippen molar-refractivity contribution < 1.29 is 8.42 Å². The van der Waals surface area contributed by atoms with E-state index in [0.717, 1.165) is 17.6 Å². The lowest BCUT2D eigenvalue weighted by Crippen LogP contribution is -2.25. The average molecular weight is 345 g/mol. The van der Waals surface area contributed by atoms with Crippen LogP contribution >= 0.6 is 15.9 Å². The number of hydrogen-bond acceptors (Lipinski definition) is 3. The molecule has 1 aromatic carbocycles. The number of benzene rings is 1. The van der Waals surface area contributed by atoms with Gasteiger partial charge in [0.25, 0.3) is 0 Å². The van der Waals surface area contributed by atoms with E-state index in [1.807, 2.05) is 18.3 Å². The first-order chi connectivity index (χ1) is 8.97. The summed E-state index contributed by atoms with van der Waals surface area (Å²) in [5.74, 6) is 0.185. The van der Waals surface area contributed by atoms with Crippen molar-refractivity contribution in [2.24, 2.45) is 0 Å². The molecular weight excluding hydrogens is 328 g/mol. The fourth-order valence-electron chi connectivity index (χ4n) is 1.96. The number of rotatable bonds is 6. The third-order valence-corrected chi connectivity index (χ3v) is 4.58. The van der Waals surface area contributed by atoms with Crippen molar-refractivity contribution in [1.82, 2.24) is 9.88 Å². The van der Waals surface area contributed by atoms with Crippen molar-refractivity contribution >= 4 is 36.7 Å². The minimum absolute atomic E-state index is 0.185. The summed E-state index contributed by atoms with van der Waals surface area (Å²) in [6.07, 6.45) is 3.30. The monoisotopic (exact) mass is 344 g/mol. The van der Waals surface area contributed by atoms with Gasteiger partial charge in [-0.15, -0.1) is 0 Å². The molecular formula is C13H17BrN2O2S. The van der Waals surface area contributed by atoms with Crippen molar-refractivity contribution in [3.63, 3.8) is 0 Å². The normalized spacial score (nSPS) is 12.1. The van der Waals surface area contributed by atoms with Crippen LogP contribution in [-0.2, 0) is 16.4 Å². The Morgan fingerprint density at radius 1 is 1.26 bits per heavy atom. The lowest BCUT2D eigenvalue weighted by atomic mass is 10.2. The van der Waals surface area contributed by atoms with Crippen LogP contribution in [0.1, 0.15) is 0 Å². The number of nitrogens with one attached hydrogen (secondary N) is 1. The van der Waals surface area contributed by atoms with Crippen molar-refractivity contribution in [3.8, 4) is 0 Å². The average Bonchev–Trinajstić information content (AvgIpc) is 2.72. The molecule has 1 heterocycles. The van der Waals surface area contributed by atoms with Crippen LogP contribution in [-0.4, -0.2) is 38.1 Å². The predicted molar refractivity (Wildman–Crippen MR) is 82.2 cm³/mol. The molecule has 0 aliphatic rings. The first kappa shape index (κ1) is 14.6. The highest BCUT2D eigenvalue weighted by molar-refractivity contribution is 9.10. The number of halogens is 1. The number of fused-ring (bicyclic) bond motifs is 1. The van der Waals surface area contributed by atoms with Crippen LogP contribution in [0.2, 0.25) is 0 Å². The molecule has 0 amide bonds. The van der Waals surface area contributed by atoms with E-state index < -0.39 is 9.84 Å². The second-order valence-corrected chi connectivity index (χ2v) is 7.68. The fourth-order valence-corrected chi connectivity index (χ4v) is 2.97. The van der Waals surface area contributed by atoms with Crippen molar-refractivity contribution in [1.29, 1.82) is 0 Å². The minimum atomic E-state index is -2.87. The second kappa shape index (κ2) is 6.07. The topological polar surface area (TPSA) is 51.1 Å². The molecule has 0 radical (unpaired) electrons. The van der Waals surface area contributed by atoms with Crippen LogP contribution in [0.25, 0.3) is 10.9 Å². The zero-order valence-corrected chi connectivity index (χ0v) is 13.2. The van der Waals surface area contributed by atoms with Crippen molar-refractivity contribution in [2.45, 2.75) is 6.54 Å². The highest BCUT2D eigenvalue weighted by Crippen LogP contribution is 2.24. The molecule has 0 bridgehead atoms. The summed E-state index contributed by atoms with van der Waals surface area (Å²) in [7, 11) is -2.87. The predicted octanol–water partition coefficient (Wildman–Crippen LogP) is 2.04. The Bertz CT molecular complexity index is 664. The van der Waals surface area contributed by atoms with Crippen LogP contribution in [0.4, 0.5) is 0 Å². The maximum absolute atomic E-state index is 11.0. The third kappa shape index (κ3) is 4.06. The van der Waals surface area contributed by atoms with E-state index in [1.54, 1.807) is 0 Å². The van der Waals surface area contributed by atoms with Gasteiger partial charge in [-0.05, 0) is 18.2 Å². The summed E-state index contributed by atoms with van der Waals surface area (Å²) in [5.41, 5.74) is 1.18. The molecule has 6 heteroatoms. The number of sulfone groups is 1. The van der Waals surface area contributed by atoms with E-state index in [4.69, 9.17) is 0 Å². The molecule has 1 N–H and O–H groups in total. The van der Waals surface area contributed by atoms with Gasteiger partial charge in [0.2, 0.25) is 0 Å². The smallest absolute Gasteiger partial charge is 0.148 e. The molecule has 19 heavy (non-hydrogen) atoms. The quantitative estimate of drug-likeness (QED) is 0.816. The lowest BCUT2D eigenvalue weighted by Gasteiger charge is -2.07.